The summed E-state index contributed by atoms with van der Waals surface area (Å²) in [6, 6.07) is 0. The molecule has 3 N–H and O–H groups in total. The van der Waals surface area contributed by atoms with Crippen LogP contribution >= 0.6 is 0 Å². The van der Waals surface area contributed by atoms with E-state index in [9.17, 15) is 29.7 Å². The van der Waals surface area contributed by atoms with Crippen molar-refractivity contribution < 1.29 is 80.2 Å². The second-order valence-corrected chi connectivity index (χ2v) is 2.42. The first-order valence-corrected chi connectivity index (χ1v) is 3.11. The predicted octanol–water partition coefficient (Wildman–Crippen LogP) is -6.08. The monoisotopic (exact) mass is 365 g/mol. The number of carboxylic acid groups (broad SMARTS) is 3. The Morgan fingerprint density at radius 1 is 1.00 bits per heavy atom. The average Bonchev–Trinajstić information content (AvgIpc) is 1.82. The molecule has 0 bridgehead atoms. The third-order valence-corrected chi connectivity index (χ3v) is 1.25. The molecule has 0 saturated heterocycles. The van der Waals surface area contributed by atoms with E-state index >= 15 is 0 Å². The first-order valence-electron chi connectivity index (χ1n) is 3.11. The molecule has 0 unspecified atom stereocenters. The van der Waals surface area contributed by atoms with Gasteiger partial charge in [0.15, 0.2) is 0 Å². The fourth-order valence-electron chi connectivity index (χ4n) is 0.684. The van der Waals surface area contributed by atoms with Gasteiger partial charge in [0.05, 0.1) is 5.97 Å². The van der Waals surface area contributed by atoms with Gasteiger partial charge in [0, 0.05) is 24.8 Å². The number of carboxylic acids is 3. The molecular formula is C6H7GdO8. The number of hydrogen-bond donors (Lipinski definition) is 1. The number of carbonyl (C=O) groups excluding carboxylic acids is 3. The molecule has 0 aliphatic carbocycles. The van der Waals surface area contributed by atoms with E-state index in [1.54, 1.807) is 0 Å². The van der Waals surface area contributed by atoms with Gasteiger partial charge in [0.1, 0.15) is 5.60 Å². The molecule has 9 heteroatoms. The summed E-state index contributed by atoms with van der Waals surface area (Å²) >= 11 is 0. The zero-order valence-corrected chi connectivity index (χ0v) is 9.43. The molecule has 0 aromatic carbocycles. The largest absolute Gasteiger partial charge is 3.00 e. The van der Waals surface area contributed by atoms with Crippen molar-refractivity contribution in [3.8, 4) is 0 Å². The first kappa shape index (κ1) is 20.1. The maximum Gasteiger partial charge on any atom is 3.00 e. The number of hydrogen-bond acceptors (Lipinski definition) is 7. The standard InChI is InChI=1S/C6H8O7.Gd.H2O/c7-3(8)1-6(13,5(11)12)2-4(9)10;;/h13H,1-2H2,(H,7,8)(H,9,10)(H,11,12);;1H2/q;+3;/p-3. The van der Waals surface area contributed by atoms with Gasteiger partial charge >= 0.3 is 39.9 Å². The van der Waals surface area contributed by atoms with E-state index in [-0.39, 0.29) is 45.4 Å². The van der Waals surface area contributed by atoms with E-state index in [0.29, 0.717) is 0 Å². The normalized spacial score (nSPS) is 9.40. The SMILES string of the molecule is O.O=C([O-])CC(O)(CC(=O)[O-])C(=O)[O-].[Gd+3]. The molecule has 0 heterocycles. The van der Waals surface area contributed by atoms with Crippen molar-refractivity contribution in [1.82, 2.24) is 0 Å². The maximum absolute atomic E-state index is 10.1. The maximum atomic E-state index is 10.1. The fourth-order valence-corrected chi connectivity index (χ4v) is 0.684. The van der Waals surface area contributed by atoms with E-state index in [0.717, 1.165) is 0 Å². The van der Waals surface area contributed by atoms with Crippen LogP contribution in [0.4, 0.5) is 0 Å². The molecule has 87 valence electrons. The summed E-state index contributed by atoms with van der Waals surface area (Å²) in [6.45, 7) is 0. The molecule has 0 aromatic rings. The molecule has 0 fully saturated rings. The van der Waals surface area contributed by atoms with Crippen molar-refractivity contribution in [2.75, 3.05) is 0 Å². The van der Waals surface area contributed by atoms with Crippen LogP contribution < -0.4 is 15.3 Å². The Balaban J connectivity index is -0.000000720. The molecule has 0 aliphatic rings. The zero-order chi connectivity index (χ0) is 10.6. The first-order chi connectivity index (χ1) is 5.78. The minimum Gasteiger partial charge on any atom is -0.550 e. The number of aliphatic hydroxyl groups is 1. The van der Waals surface area contributed by atoms with Gasteiger partial charge in [-0.15, -0.1) is 0 Å². The fraction of sp³-hybridized carbons (Fsp3) is 0.500. The van der Waals surface area contributed by atoms with Gasteiger partial charge in [-0.05, 0) is 0 Å². The number of aliphatic carboxylic acids is 3. The molecular weight excluding hydrogens is 357 g/mol. The van der Waals surface area contributed by atoms with Gasteiger partial charge in [0.2, 0.25) is 0 Å². The van der Waals surface area contributed by atoms with Crippen LogP contribution in [0.2, 0.25) is 0 Å². The smallest absolute Gasteiger partial charge is 0.550 e. The minimum absolute atomic E-state index is 0. The molecule has 0 spiro atoms. The summed E-state index contributed by atoms with van der Waals surface area (Å²) in [7, 11) is 0. The molecule has 0 rings (SSSR count). The van der Waals surface area contributed by atoms with Crippen molar-refractivity contribution in [2.24, 2.45) is 0 Å². The van der Waals surface area contributed by atoms with Crippen LogP contribution in [-0.4, -0.2) is 34.1 Å². The van der Waals surface area contributed by atoms with Crippen LogP contribution in [0.25, 0.3) is 0 Å². The summed E-state index contributed by atoms with van der Waals surface area (Å²) in [6.07, 6.45) is -2.72. The van der Waals surface area contributed by atoms with E-state index in [2.05, 4.69) is 0 Å². The van der Waals surface area contributed by atoms with Crippen LogP contribution in [0.1, 0.15) is 12.8 Å². The molecule has 8 nitrogen and oxygen atoms in total. The Bertz CT molecular complexity index is 234. The minimum atomic E-state index is -2.97. The van der Waals surface area contributed by atoms with Gasteiger partial charge in [-0.25, -0.2) is 0 Å². The Kier molecular flexibility index (Phi) is 10.6. The van der Waals surface area contributed by atoms with Gasteiger partial charge in [-0.2, -0.15) is 0 Å². The van der Waals surface area contributed by atoms with Gasteiger partial charge in [-0.3, -0.25) is 0 Å². The third kappa shape index (κ3) is 7.57. The molecule has 0 atom stereocenters. The van der Waals surface area contributed by atoms with Crippen molar-refractivity contribution in [3.63, 3.8) is 0 Å². The van der Waals surface area contributed by atoms with Gasteiger partial charge < -0.3 is 40.3 Å². The molecule has 0 amide bonds. The quantitative estimate of drug-likeness (QED) is 0.505. The van der Waals surface area contributed by atoms with Crippen molar-refractivity contribution in [2.45, 2.75) is 18.4 Å². The summed E-state index contributed by atoms with van der Waals surface area (Å²) in [5.41, 5.74) is -2.97. The van der Waals surface area contributed by atoms with Gasteiger partial charge in [-0.1, -0.05) is 0 Å². The van der Waals surface area contributed by atoms with E-state index in [1.807, 2.05) is 0 Å². The van der Waals surface area contributed by atoms with Crippen molar-refractivity contribution in [3.05, 3.63) is 0 Å². The van der Waals surface area contributed by atoms with E-state index in [1.165, 1.54) is 0 Å². The van der Waals surface area contributed by atoms with Crippen LogP contribution in [-0.2, 0) is 14.4 Å². The molecule has 0 aromatic heterocycles. The molecule has 0 aliphatic heterocycles. The number of carbonyl (C=O) groups is 3. The number of rotatable bonds is 5. The summed E-state index contributed by atoms with van der Waals surface area (Å²) < 4.78 is 0. The second kappa shape index (κ2) is 7.88. The molecule has 15 heavy (non-hydrogen) atoms. The van der Waals surface area contributed by atoms with E-state index < -0.39 is 36.4 Å². The van der Waals surface area contributed by atoms with Crippen LogP contribution in [0, 0.1) is 39.9 Å². The van der Waals surface area contributed by atoms with Crippen LogP contribution in [0.5, 0.6) is 0 Å². The van der Waals surface area contributed by atoms with Crippen molar-refractivity contribution >= 4 is 17.9 Å². The molecule has 1 radical (unpaired) electrons. The summed E-state index contributed by atoms with van der Waals surface area (Å²) in [4.78, 5) is 30.0. The van der Waals surface area contributed by atoms with Crippen LogP contribution in [0.3, 0.4) is 0 Å². The Morgan fingerprint density at radius 2 is 1.27 bits per heavy atom. The van der Waals surface area contributed by atoms with Gasteiger partial charge in [0.25, 0.3) is 0 Å². The zero-order valence-electron chi connectivity index (χ0n) is 7.16. The Hall–Kier alpha value is -0.345. The Labute approximate surface area is 116 Å². The van der Waals surface area contributed by atoms with Crippen molar-refractivity contribution in [1.29, 1.82) is 0 Å². The second-order valence-electron chi connectivity index (χ2n) is 2.42. The predicted molar refractivity (Wildman–Crippen MR) is 32.8 cm³/mol. The summed E-state index contributed by atoms with van der Waals surface area (Å²) in [5, 5.41) is 38.9. The van der Waals surface area contributed by atoms with Crippen LogP contribution in [0.15, 0.2) is 0 Å². The van der Waals surface area contributed by atoms with E-state index in [4.69, 9.17) is 5.11 Å². The third-order valence-electron chi connectivity index (χ3n) is 1.25. The average molecular weight is 364 g/mol. The Morgan fingerprint density at radius 3 is 1.40 bits per heavy atom. The summed E-state index contributed by atoms with van der Waals surface area (Å²) in [5.74, 6) is -5.98. The topological polar surface area (TPSA) is 172 Å². The molecule has 0 saturated carbocycles.